The summed E-state index contributed by atoms with van der Waals surface area (Å²) in [6, 6.07) is 8.21. The Morgan fingerprint density at radius 3 is 3.03 bits per heavy atom. The molecule has 6 nitrogen and oxygen atoms in total. The first-order chi connectivity index (χ1) is 15.1. The smallest absolute Gasteiger partial charge is 0.407 e. The minimum atomic E-state index is -0.319. The van der Waals surface area contributed by atoms with Gasteiger partial charge in [0.2, 0.25) is 5.91 Å². The van der Waals surface area contributed by atoms with Crippen molar-refractivity contribution in [3.63, 3.8) is 0 Å². The van der Waals surface area contributed by atoms with Crippen LogP contribution in [-0.4, -0.2) is 46.6 Å². The predicted octanol–water partition coefficient (Wildman–Crippen LogP) is 4.40. The first kappa shape index (κ1) is 20.4. The van der Waals surface area contributed by atoms with Crippen LogP contribution in [0.4, 0.5) is 4.79 Å². The van der Waals surface area contributed by atoms with E-state index >= 15 is 0 Å². The molecule has 31 heavy (non-hydrogen) atoms. The number of fused-ring (bicyclic) bond motifs is 1. The van der Waals surface area contributed by atoms with Crippen molar-refractivity contribution in [3.05, 3.63) is 36.0 Å². The number of ether oxygens (including phenoxy) is 1. The summed E-state index contributed by atoms with van der Waals surface area (Å²) in [6.45, 7) is 3.68. The average Bonchev–Trinajstić information content (AvgIpc) is 3.34. The molecule has 2 aliphatic heterocycles. The molecule has 3 aliphatic rings. The third-order valence-electron chi connectivity index (χ3n) is 8.11. The normalized spacial score (nSPS) is 30.5. The number of alkyl carbamates (subject to hydrolysis) is 1. The van der Waals surface area contributed by atoms with Crippen molar-refractivity contribution in [2.24, 2.45) is 11.8 Å². The molecular weight excluding hydrogens is 390 g/mol. The van der Waals surface area contributed by atoms with Crippen molar-refractivity contribution in [2.75, 3.05) is 13.1 Å². The van der Waals surface area contributed by atoms with Crippen LogP contribution in [0.1, 0.15) is 57.4 Å². The molecule has 3 heterocycles. The van der Waals surface area contributed by atoms with Crippen LogP contribution in [0.3, 0.4) is 0 Å². The molecule has 0 radical (unpaired) electrons. The highest BCUT2D eigenvalue weighted by atomic mass is 16.6. The Balaban J connectivity index is 1.18. The summed E-state index contributed by atoms with van der Waals surface area (Å²) in [7, 11) is 0. The molecule has 166 valence electrons. The van der Waals surface area contributed by atoms with Crippen molar-refractivity contribution in [1.82, 2.24) is 15.2 Å². The number of H-pyrrole nitrogens is 1. The summed E-state index contributed by atoms with van der Waals surface area (Å²) in [5.74, 6) is 1.04. The van der Waals surface area contributed by atoms with Crippen LogP contribution in [0.2, 0.25) is 0 Å². The fourth-order valence-electron chi connectivity index (χ4n) is 6.63. The van der Waals surface area contributed by atoms with Gasteiger partial charge < -0.3 is 19.9 Å². The third-order valence-corrected chi connectivity index (χ3v) is 8.11. The molecule has 1 spiro atoms. The van der Waals surface area contributed by atoms with Gasteiger partial charge in [0, 0.05) is 42.1 Å². The van der Waals surface area contributed by atoms with E-state index in [0.717, 1.165) is 57.0 Å². The van der Waals surface area contributed by atoms with Gasteiger partial charge in [-0.1, -0.05) is 25.1 Å². The Hall–Kier alpha value is -2.50. The highest BCUT2D eigenvalue weighted by Crippen LogP contribution is 2.52. The molecule has 1 aliphatic carbocycles. The predicted molar refractivity (Wildman–Crippen MR) is 120 cm³/mol. The van der Waals surface area contributed by atoms with Gasteiger partial charge in [0.25, 0.3) is 0 Å². The van der Waals surface area contributed by atoms with Crippen LogP contribution in [-0.2, 0) is 16.0 Å². The number of rotatable bonds is 4. The van der Waals surface area contributed by atoms with E-state index in [2.05, 4.69) is 34.3 Å². The maximum Gasteiger partial charge on any atom is 0.407 e. The number of para-hydroxylation sites is 1. The van der Waals surface area contributed by atoms with Crippen LogP contribution < -0.4 is 5.32 Å². The molecule has 1 saturated carbocycles. The number of carbonyl (C=O) groups is 2. The van der Waals surface area contributed by atoms with Crippen LogP contribution in [0.25, 0.3) is 10.9 Å². The number of benzene rings is 1. The van der Waals surface area contributed by atoms with Crippen molar-refractivity contribution >= 4 is 22.9 Å². The molecule has 2 saturated heterocycles. The number of nitrogens with one attached hydrogen (secondary N) is 2. The van der Waals surface area contributed by atoms with Gasteiger partial charge in [-0.3, -0.25) is 4.79 Å². The molecule has 1 aromatic carbocycles. The average molecular weight is 424 g/mol. The highest BCUT2D eigenvalue weighted by Gasteiger charge is 2.55. The Kier molecular flexibility index (Phi) is 5.40. The van der Waals surface area contributed by atoms with Crippen LogP contribution in [0, 0.1) is 11.8 Å². The molecule has 6 heteroatoms. The van der Waals surface area contributed by atoms with Gasteiger partial charge in [0.05, 0.1) is 0 Å². The second-order valence-corrected chi connectivity index (χ2v) is 9.63. The Labute approximate surface area is 183 Å². The lowest BCUT2D eigenvalue weighted by Crippen LogP contribution is -2.58. The van der Waals surface area contributed by atoms with Gasteiger partial charge in [-0.25, -0.2) is 4.79 Å². The summed E-state index contributed by atoms with van der Waals surface area (Å²) >= 11 is 0. The number of carbonyl (C=O) groups excluding carboxylic acids is 2. The van der Waals surface area contributed by atoms with E-state index in [-0.39, 0.29) is 23.7 Å². The monoisotopic (exact) mass is 423 g/mol. The van der Waals surface area contributed by atoms with Gasteiger partial charge in [-0.2, -0.15) is 0 Å². The maximum atomic E-state index is 12.6. The minimum Gasteiger partial charge on any atom is -0.446 e. The lowest BCUT2D eigenvalue weighted by molar-refractivity contribution is -0.140. The van der Waals surface area contributed by atoms with Crippen molar-refractivity contribution < 1.29 is 14.3 Å². The molecular formula is C25H33N3O3. The second kappa shape index (κ2) is 8.21. The fourth-order valence-corrected chi connectivity index (χ4v) is 6.63. The summed E-state index contributed by atoms with van der Waals surface area (Å²) in [5.41, 5.74) is 2.33. The van der Waals surface area contributed by atoms with Crippen LogP contribution in [0.5, 0.6) is 0 Å². The van der Waals surface area contributed by atoms with Crippen molar-refractivity contribution in [2.45, 2.75) is 69.9 Å². The Morgan fingerprint density at radius 2 is 2.13 bits per heavy atom. The first-order valence-corrected chi connectivity index (χ1v) is 11.9. The zero-order chi connectivity index (χ0) is 21.4. The van der Waals surface area contributed by atoms with E-state index < -0.39 is 0 Å². The molecule has 5 rings (SSSR count). The van der Waals surface area contributed by atoms with Gasteiger partial charge in [0.15, 0.2) is 0 Å². The maximum absolute atomic E-state index is 12.6. The molecule has 4 atom stereocenters. The zero-order valence-corrected chi connectivity index (χ0v) is 18.4. The quantitative estimate of drug-likeness (QED) is 0.766. The topological polar surface area (TPSA) is 74.4 Å². The van der Waals surface area contributed by atoms with E-state index in [4.69, 9.17) is 4.74 Å². The van der Waals surface area contributed by atoms with Crippen molar-refractivity contribution in [3.8, 4) is 0 Å². The molecule has 0 unspecified atom stereocenters. The lowest BCUT2D eigenvalue weighted by Gasteiger charge is -2.51. The molecule has 2 N–H and O–H groups in total. The van der Waals surface area contributed by atoms with Gasteiger partial charge in [0.1, 0.15) is 6.10 Å². The number of amides is 2. The standard InChI is InChI=1S/C25H33N3O3/c1-17-20-7-4-9-23(29)28-15-5-12-25(20,28)13-10-22(17)31-24(30)26-14-11-18-16-27-21-8-3-2-6-19(18)21/h2-3,6,8,16-17,20,22,27H,4-5,7,9-15H2,1H3,(H,26,30)/t17-,20+,22+,25-/m1/s1. The second-order valence-electron chi connectivity index (χ2n) is 9.63. The Bertz CT molecular complexity index is 970. The fraction of sp³-hybridized carbons (Fsp3) is 0.600. The minimum absolute atomic E-state index is 0.0126. The SMILES string of the molecule is C[C@H]1[C@@H](OC(=O)NCCc2c[nH]c3ccccc23)CC[C@@]23CCCN2C(=O)CCC[C@@H]13. The lowest BCUT2D eigenvalue weighted by atomic mass is 9.64. The molecule has 2 amide bonds. The molecule has 0 bridgehead atoms. The number of hydrogen-bond donors (Lipinski definition) is 2. The zero-order valence-electron chi connectivity index (χ0n) is 18.4. The highest BCUT2D eigenvalue weighted by molar-refractivity contribution is 5.83. The Morgan fingerprint density at radius 1 is 1.26 bits per heavy atom. The van der Waals surface area contributed by atoms with Gasteiger partial charge in [-0.15, -0.1) is 0 Å². The van der Waals surface area contributed by atoms with E-state index in [1.807, 2.05) is 18.3 Å². The number of aromatic nitrogens is 1. The van der Waals surface area contributed by atoms with Gasteiger partial charge in [-0.05, 0) is 68.4 Å². The number of nitrogens with zero attached hydrogens (tertiary/aromatic N) is 1. The molecule has 3 fully saturated rings. The van der Waals surface area contributed by atoms with Gasteiger partial charge >= 0.3 is 6.09 Å². The summed E-state index contributed by atoms with van der Waals surface area (Å²) in [5, 5.41) is 4.15. The van der Waals surface area contributed by atoms with E-state index in [0.29, 0.717) is 24.8 Å². The number of aromatic amines is 1. The number of hydrogen-bond acceptors (Lipinski definition) is 3. The first-order valence-electron chi connectivity index (χ1n) is 11.9. The van der Waals surface area contributed by atoms with E-state index in [1.54, 1.807) is 0 Å². The summed E-state index contributed by atoms with van der Waals surface area (Å²) < 4.78 is 5.91. The van der Waals surface area contributed by atoms with Crippen LogP contribution in [0.15, 0.2) is 30.5 Å². The van der Waals surface area contributed by atoms with Crippen molar-refractivity contribution in [1.29, 1.82) is 0 Å². The molecule has 2 aromatic rings. The van der Waals surface area contributed by atoms with Crippen LogP contribution >= 0.6 is 0 Å². The molecule has 1 aromatic heterocycles. The summed E-state index contributed by atoms with van der Waals surface area (Å²) in [4.78, 5) is 30.7. The van der Waals surface area contributed by atoms with E-state index in [9.17, 15) is 9.59 Å². The third kappa shape index (κ3) is 3.60. The van der Waals surface area contributed by atoms with E-state index in [1.165, 1.54) is 10.9 Å². The largest absolute Gasteiger partial charge is 0.446 e. The summed E-state index contributed by atoms with van der Waals surface area (Å²) in [6.07, 6.45) is 9.10.